The van der Waals surface area contributed by atoms with Crippen molar-refractivity contribution in [3.8, 4) is 5.75 Å². The van der Waals surface area contributed by atoms with Crippen molar-refractivity contribution in [2.45, 2.75) is 0 Å². The number of halogens is 1. The number of rotatable bonds is 4. The van der Waals surface area contributed by atoms with Gasteiger partial charge in [0.2, 0.25) is 0 Å². The van der Waals surface area contributed by atoms with Gasteiger partial charge in [-0.15, -0.1) is 0 Å². The molecule has 24 heavy (non-hydrogen) atoms. The number of anilines is 1. The Balaban J connectivity index is 1.74. The minimum Gasteiger partial charge on any atom is -0.483 e. The van der Waals surface area contributed by atoms with E-state index in [2.05, 4.69) is 21.2 Å². The fraction of sp³-hybridized carbons (Fsp3) is 0.111. The summed E-state index contributed by atoms with van der Waals surface area (Å²) < 4.78 is 8.05. The number of hydrogen-bond acceptors (Lipinski definition) is 3. The molecule has 0 unspecified atom stereocenters. The van der Waals surface area contributed by atoms with Gasteiger partial charge >= 0.3 is 0 Å². The molecule has 6 heteroatoms. The molecule has 5 nitrogen and oxygen atoms in total. The molecule has 0 aliphatic carbocycles. The molecule has 0 fully saturated rings. The summed E-state index contributed by atoms with van der Waals surface area (Å²) in [4.78, 5) is 24.1. The molecule has 0 aliphatic heterocycles. The van der Waals surface area contributed by atoms with E-state index in [9.17, 15) is 9.59 Å². The Hall–Kier alpha value is -2.60. The molecule has 0 saturated heterocycles. The number of hydrogen-bond donors (Lipinski definition) is 1. The van der Waals surface area contributed by atoms with Crippen LogP contribution in [0.5, 0.6) is 5.75 Å². The molecule has 3 rings (SSSR count). The van der Waals surface area contributed by atoms with Gasteiger partial charge in [-0.25, -0.2) is 0 Å². The molecule has 0 radical (unpaired) electrons. The average Bonchev–Trinajstić information content (AvgIpc) is 2.58. The third-order valence-electron chi connectivity index (χ3n) is 3.57. The van der Waals surface area contributed by atoms with Crippen LogP contribution < -0.4 is 15.6 Å². The second-order valence-electron chi connectivity index (χ2n) is 5.29. The molecule has 0 bridgehead atoms. The Morgan fingerprint density at radius 2 is 1.88 bits per heavy atom. The van der Waals surface area contributed by atoms with E-state index < -0.39 is 0 Å². The van der Waals surface area contributed by atoms with Crippen LogP contribution in [0.15, 0.2) is 64.0 Å². The third kappa shape index (κ3) is 3.49. The number of aromatic nitrogens is 1. The average molecular weight is 387 g/mol. The summed E-state index contributed by atoms with van der Waals surface area (Å²) in [6.45, 7) is -0.135. The molecule has 0 aliphatic rings. The van der Waals surface area contributed by atoms with Crippen molar-refractivity contribution in [3.05, 3.63) is 69.6 Å². The monoisotopic (exact) mass is 386 g/mol. The lowest BCUT2D eigenvalue weighted by molar-refractivity contribution is -0.118. The summed E-state index contributed by atoms with van der Waals surface area (Å²) in [6.07, 6.45) is 1.68. The summed E-state index contributed by atoms with van der Waals surface area (Å²) in [5.74, 6) is 0.245. The Bertz CT molecular complexity index is 949. The first kappa shape index (κ1) is 16.3. The maximum Gasteiger partial charge on any atom is 0.262 e. The van der Waals surface area contributed by atoms with E-state index in [-0.39, 0.29) is 18.1 Å². The van der Waals surface area contributed by atoms with E-state index in [0.717, 1.165) is 4.47 Å². The SMILES string of the molecule is Cn1ccc2c(OCC(=O)Nc3ccc(Br)cc3)cccc2c1=O. The third-order valence-corrected chi connectivity index (χ3v) is 4.10. The van der Waals surface area contributed by atoms with E-state index in [4.69, 9.17) is 4.74 Å². The van der Waals surface area contributed by atoms with Crippen LogP contribution >= 0.6 is 15.9 Å². The van der Waals surface area contributed by atoms with Gasteiger partial charge in [0.05, 0.1) is 5.39 Å². The molecule has 2 aromatic carbocycles. The van der Waals surface area contributed by atoms with Crippen molar-refractivity contribution in [1.29, 1.82) is 0 Å². The minimum absolute atomic E-state index is 0.0998. The zero-order valence-corrected chi connectivity index (χ0v) is 14.5. The highest BCUT2D eigenvalue weighted by molar-refractivity contribution is 9.10. The maximum atomic E-state index is 12.1. The highest BCUT2D eigenvalue weighted by Crippen LogP contribution is 2.23. The van der Waals surface area contributed by atoms with E-state index in [1.165, 1.54) is 4.57 Å². The Kier molecular flexibility index (Phi) is 4.66. The van der Waals surface area contributed by atoms with E-state index in [0.29, 0.717) is 22.2 Å². The van der Waals surface area contributed by atoms with Crippen LogP contribution in [0.25, 0.3) is 10.8 Å². The number of ether oxygens (including phenoxy) is 1. The highest BCUT2D eigenvalue weighted by Gasteiger charge is 2.08. The van der Waals surface area contributed by atoms with Crippen molar-refractivity contribution < 1.29 is 9.53 Å². The molecule has 122 valence electrons. The fourth-order valence-electron chi connectivity index (χ4n) is 2.35. The molecule has 0 saturated carbocycles. The number of fused-ring (bicyclic) bond motifs is 1. The lowest BCUT2D eigenvalue weighted by Gasteiger charge is -2.10. The van der Waals surface area contributed by atoms with Gasteiger partial charge in [-0.05, 0) is 42.5 Å². The van der Waals surface area contributed by atoms with E-state index >= 15 is 0 Å². The van der Waals surface area contributed by atoms with Crippen LogP contribution in [0, 0.1) is 0 Å². The number of carbonyl (C=O) groups excluding carboxylic acids is 1. The number of pyridine rings is 1. The van der Waals surface area contributed by atoms with Crippen LogP contribution in [0.2, 0.25) is 0 Å². The predicted octanol–water partition coefficient (Wildman–Crippen LogP) is 3.32. The molecule has 1 heterocycles. The summed E-state index contributed by atoms with van der Waals surface area (Å²) in [5, 5.41) is 4.01. The molecular formula is C18H15BrN2O3. The normalized spacial score (nSPS) is 10.6. The number of aryl methyl sites for hydroxylation is 1. The predicted molar refractivity (Wildman–Crippen MR) is 97.5 cm³/mol. The smallest absolute Gasteiger partial charge is 0.262 e. The Labute approximate surface area is 147 Å². The first-order valence-electron chi connectivity index (χ1n) is 7.31. The zero-order chi connectivity index (χ0) is 17.1. The number of nitrogens with one attached hydrogen (secondary N) is 1. The largest absolute Gasteiger partial charge is 0.483 e. The van der Waals surface area contributed by atoms with Gasteiger partial charge in [0.25, 0.3) is 11.5 Å². The van der Waals surface area contributed by atoms with Gasteiger partial charge < -0.3 is 14.6 Å². The van der Waals surface area contributed by atoms with Crippen molar-refractivity contribution in [3.63, 3.8) is 0 Å². The summed E-state index contributed by atoms with van der Waals surface area (Å²) >= 11 is 3.34. The quantitative estimate of drug-likeness (QED) is 0.747. The van der Waals surface area contributed by atoms with Crippen molar-refractivity contribution >= 4 is 38.3 Å². The van der Waals surface area contributed by atoms with Gasteiger partial charge in [0.1, 0.15) is 5.75 Å². The molecule has 3 aromatic rings. The van der Waals surface area contributed by atoms with Gasteiger partial charge in [-0.1, -0.05) is 22.0 Å². The lowest BCUT2D eigenvalue weighted by atomic mass is 10.1. The van der Waals surface area contributed by atoms with Gasteiger partial charge in [0.15, 0.2) is 6.61 Å². The molecule has 1 aromatic heterocycles. The van der Waals surface area contributed by atoms with Crippen LogP contribution in [-0.2, 0) is 11.8 Å². The van der Waals surface area contributed by atoms with Gasteiger partial charge in [-0.2, -0.15) is 0 Å². The molecular weight excluding hydrogens is 372 g/mol. The Morgan fingerprint density at radius 1 is 1.12 bits per heavy atom. The molecule has 1 N–H and O–H groups in total. The number of nitrogens with zero attached hydrogens (tertiary/aromatic N) is 1. The van der Waals surface area contributed by atoms with Crippen LogP contribution in [-0.4, -0.2) is 17.1 Å². The standard InChI is InChI=1S/C18H15BrN2O3/c1-21-10-9-14-15(18(21)23)3-2-4-16(14)24-11-17(22)20-13-7-5-12(19)6-8-13/h2-10H,11H2,1H3,(H,20,22). The highest BCUT2D eigenvalue weighted by atomic mass is 79.9. The first-order chi connectivity index (χ1) is 11.5. The molecule has 0 atom stereocenters. The number of benzene rings is 2. The second kappa shape index (κ2) is 6.88. The van der Waals surface area contributed by atoms with Gasteiger partial charge in [0, 0.05) is 28.8 Å². The van der Waals surface area contributed by atoms with Crippen molar-refractivity contribution in [2.24, 2.45) is 7.05 Å². The van der Waals surface area contributed by atoms with Crippen LogP contribution in [0.1, 0.15) is 0 Å². The van der Waals surface area contributed by atoms with E-state index in [1.54, 1.807) is 49.6 Å². The summed E-state index contributed by atoms with van der Waals surface area (Å²) in [6, 6.07) is 14.3. The Morgan fingerprint density at radius 3 is 2.62 bits per heavy atom. The molecule has 1 amide bonds. The van der Waals surface area contributed by atoms with Gasteiger partial charge in [-0.3, -0.25) is 9.59 Å². The van der Waals surface area contributed by atoms with Crippen LogP contribution in [0.3, 0.4) is 0 Å². The summed E-state index contributed by atoms with van der Waals surface area (Å²) in [7, 11) is 1.70. The van der Waals surface area contributed by atoms with E-state index in [1.807, 2.05) is 12.1 Å². The van der Waals surface area contributed by atoms with Crippen molar-refractivity contribution in [1.82, 2.24) is 4.57 Å². The van der Waals surface area contributed by atoms with Crippen molar-refractivity contribution in [2.75, 3.05) is 11.9 Å². The fourth-order valence-corrected chi connectivity index (χ4v) is 2.61. The summed E-state index contributed by atoms with van der Waals surface area (Å²) in [5.41, 5.74) is 0.593. The molecule has 0 spiro atoms. The first-order valence-corrected chi connectivity index (χ1v) is 8.10. The van der Waals surface area contributed by atoms with Crippen LogP contribution in [0.4, 0.5) is 5.69 Å². The number of carbonyl (C=O) groups is 1. The minimum atomic E-state index is -0.266. The topological polar surface area (TPSA) is 60.3 Å². The lowest BCUT2D eigenvalue weighted by Crippen LogP contribution is -2.20. The number of amides is 1. The zero-order valence-electron chi connectivity index (χ0n) is 13.0. The second-order valence-corrected chi connectivity index (χ2v) is 6.21. The maximum absolute atomic E-state index is 12.1.